The standard InChI is InChI=1S/C13H21O3/c1-13(2,5-12-8-16-12)9(3-10-6-14-10)4-11-7-15-11/h10-12H,3-8H2,1-2H3. The molecule has 0 aliphatic carbocycles. The van der Waals surface area contributed by atoms with E-state index in [1.165, 1.54) is 0 Å². The lowest BCUT2D eigenvalue weighted by Crippen LogP contribution is -2.26. The molecule has 3 saturated heterocycles. The zero-order chi connectivity index (χ0) is 11.2. The van der Waals surface area contributed by atoms with Crippen molar-refractivity contribution in [2.75, 3.05) is 19.8 Å². The molecule has 3 rings (SSSR count). The van der Waals surface area contributed by atoms with Gasteiger partial charge < -0.3 is 14.2 Å². The van der Waals surface area contributed by atoms with Gasteiger partial charge in [0, 0.05) is 0 Å². The van der Waals surface area contributed by atoms with Crippen LogP contribution in [0.15, 0.2) is 0 Å². The topological polar surface area (TPSA) is 37.6 Å². The maximum atomic E-state index is 5.36. The number of rotatable bonds is 7. The molecule has 3 aliphatic heterocycles. The molecule has 91 valence electrons. The molecule has 0 N–H and O–H groups in total. The van der Waals surface area contributed by atoms with E-state index in [0.717, 1.165) is 39.1 Å². The van der Waals surface area contributed by atoms with Gasteiger partial charge in [0.25, 0.3) is 0 Å². The van der Waals surface area contributed by atoms with Crippen LogP contribution in [0.3, 0.4) is 0 Å². The van der Waals surface area contributed by atoms with Crippen molar-refractivity contribution in [2.24, 2.45) is 5.41 Å². The van der Waals surface area contributed by atoms with Crippen molar-refractivity contribution >= 4 is 0 Å². The van der Waals surface area contributed by atoms with Gasteiger partial charge in [-0.05, 0) is 30.6 Å². The third-order valence-corrected chi connectivity index (χ3v) is 3.85. The fraction of sp³-hybridized carbons (Fsp3) is 0.923. The summed E-state index contributed by atoms with van der Waals surface area (Å²) < 4.78 is 16.1. The highest BCUT2D eigenvalue weighted by molar-refractivity contribution is 5.09. The van der Waals surface area contributed by atoms with Gasteiger partial charge in [0.2, 0.25) is 0 Å². The van der Waals surface area contributed by atoms with Crippen LogP contribution in [0, 0.1) is 11.3 Å². The molecular formula is C13H21O3. The highest BCUT2D eigenvalue weighted by atomic mass is 16.6. The molecule has 0 aromatic heterocycles. The van der Waals surface area contributed by atoms with Gasteiger partial charge in [0.15, 0.2) is 0 Å². The molecule has 0 spiro atoms. The van der Waals surface area contributed by atoms with Gasteiger partial charge in [-0.15, -0.1) is 0 Å². The predicted molar refractivity (Wildman–Crippen MR) is 60.1 cm³/mol. The summed E-state index contributed by atoms with van der Waals surface area (Å²) in [6.45, 7) is 7.54. The average molecular weight is 225 g/mol. The van der Waals surface area contributed by atoms with Gasteiger partial charge in [-0.1, -0.05) is 13.8 Å². The first-order valence-corrected chi connectivity index (χ1v) is 6.33. The SMILES string of the molecule is CC(C)(CC1CO1)[C](CC1CO1)CC1CO1. The lowest BCUT2D eigenvalue weighted by Gasteiger charge is -2.33. The summed E-state index contributed by atoms with van der Waals surface area (Å²) in [7, 11) is 0. The summed E-state index contributed by atoms with van der Waals surface area (Å²) in [6, 6.07) is 0. The van der Waals surface area contributed by atoms with Crippen LogP contribution in [-0.4, -0.2) is 38.1 Å². The van der Waals surface area contributed by atoms with E-state index in [1.807, 2.05) is 0 Å². The Kier molecular flexibility index (Phi) is 2.73. The van der Waals surface area contributed by atoms with Crippen LogP contribution in [-0.2, 0) is 14.2 Å². The molecule has 3 heterocycles. The predicted octanol–water partition coefficient (Wildman–Crippen LogP) is 1.95. The zero-order valence-electron chi connectivity index (χ0n) is 10.2. The fourth-order valence-electron chi connectivity index (χ4n) is 2.46. The summed E-state index contributed by atoms with van der Waals surface area (Å²) in [5.74, 6) is 1.62. The first kappa shape index (κ1) is 11.0. The molecule has 3 fully saturated rings. The van der Waals surface area contributed by atoms with Gasteiger partial charge in [0.1, 0.15) is 0 Å². The minimum Gasteiger partial charge on any atom is -0.373 e. The van der Waals surface area contributed by atoms with Crippen molar-refractivity contribution in [1.82, 2.24) is 0 Å². The smallest absolute Gasteiger partial charge is 0.0815 e. The second-order valence-corrected chi connectivity index (χ2v) is 5.97. The third-order valence-electron chi connectivity index (χ3n) is 3.85. The number of hydrogen-bond donors (Lipinski definition) is 0. The van der Waals surface area contributed by atoms with E-state index in [-0.39, 0.29) is 5.41 Å². The van der Waals surface area contributed by atoms with Crippen LogP contribution < -0.4 is 0 Å². The van der Waals surface area contributed by atoms with Crippen LogP contribution in [0.4, 0.5) is 0 Å². The molecule has 0 amide bonds. The molecule has 1 radical (unpaired) electrons. The summed E-state index contributed by atoms with van der Waals surface area (Å²) >= 11 is 0. The van der Waals surface area contributed by atoms with Crippen LogP contribution in [0.1, 0.15) is 33.1 Å². The largest absolute Gasteiger partial charge is 0.373 e. The quantitative estimate of drug-likeness (QED) is 0.621. The minimum absolute atomic E-state index is 0.277. The Labute approximate surface area is 97.4 Å². The van der Waals surface area contributed by atoms with Gasteiger partial charge >= 0.3 is 0 Å². The first-order valence-electron chi connectivity index (χ1n) is 6.33. The van der Waals surface area contributed by atoms with Gasteiger partial charge in [0.05, 0.1) is 38.1 Å². The van der Waals surface area contributed by atoms with Gasteiger partial charge in [-0.25, -0.2) is 0 Å². The minimum atomic E-state index is 0.277. The van der Waals surface area contributed by atoms with E-state index in [0.29, 0.717) is 18.3 Å². The number of ether oxygens (including phenoxy) is 3. The van der Waals surface area contributed by atoms with Crippen molar-refractivity contribution in [2.45, 2.75) is 51.4 Å². The number of epoxide rings is 3. The summed E-state index contributed by atoms with van der Waals surface area (Å²) in [6.07, 6.45) is 4.90. The van der Waals surface area contributed by atoms with Crippen molar-refractivity contribution < 1.29 is 14.2 Å². The average Bonchev–Trinajstić information content (AvgIpc) is 3.05. The van der Waals surface area contributed by atoms with E-state index in [9.17, 15) is 0 Å². The molecule has 0 bridgehead atoms. The van der Waals surface area contributed by atoms with Crippen molar-refractivity contribution in [3.63, 3.8) is 0 Å². The fourth-order valence-corrected chi connectivity index (χ4v) is 2.46. The monoisotopic (exact) mass is 225 g/mol. The Morgan fingerprint density at radius 1 is 0.938 bits per heavy atom. The van der Waals surface area contributed by atoms with Crippen LogP contribution in [0.5, 0.6) is 0 Å². The number of hydrogen-bond acceptors (Lipinski definition) is 3. The third kappa shape index (κ3) is 2.96. The van der Waals surface area contributed by atoms with Gasteiger partial charge in [-0.3, -0.25) is 0 Å². The Bertz CT molecular complexity index is 238. The maximum Gasteiger partial charge on any atom is 0.0815 e. The summed E-state index contributed by atoms with van der Waals surface area (Å²) in [5, 5.41) is 0. The first-order chi connectivity index (χ1) is 7.63. The molecule has 16 heavy (non-hydrogen) atoms. The lowest BCUT2D eigenvalue weighted by molar-refractivity contribution is 0.249. The second-order valence-electron chi connectivity index (χ2n) is 5.97. The van der Waals surface area contributed by atoms with Crippen molar-refractivity contribution in [1.29, 1.82) is 0 Å². The Balaban J connectivity index is 1.57. The molecule has 3 atom stereocenters. The Morgan fingerprint density at radius 3 is 1.75 bits per heavy atom. The zero-order valence-corrected chi connectivity index (χ0v) is 10.2. The van der Waals surface area contributed by atoms with E-state index < -0.39 is 0 Å². The van der Waals surface area contributed by atoms with Crippen LogP contribution >= 0.6 is 0 Å². The Morgan fingerprint density at radius 2 is 1.38 bits per heavy atom. The van der Waals surface area contributed by atoms with Gasteiger partial charge in [-0.2, -0.15) is 0 Å². The van der Waals surface area contributed by atoms with Crippen molar-refractivity contribution in [3.8, 4) is 0 Å². The normalized spacial score (nSPS) is 36.6. The lowest BCUT2D eigenvalue weighted by atomic mass is 9.71. The molecule has 0 aromatic carbocycles. The second kappa shape index (κ2) is 3.97. The maximum absolute atomic E-state index is 5.36. The highest BCUT2D eigenvalue weighted by Gasteiger charge is 2.42. The van der Waals surface area contributed by atoms with Crippen LogP contribution in [0.2, 0.25) is 0 Å². The van der Waals surface area contributed by atoms with E-state index in [2.05, 4.69) is 13.8 Å². The molecule has 3 unspecified atom stereocenters. The van der Waals surface area contributed by atoms with Crippen molar-refractivity contribution in [3.05, 3.63) is 5.92 Å². The van der Waals surface area contributed by atoms with E-state index >= 15 is 0 Å². The molecule has 3 heteroatoms. The highest BCUT2D eigenvalue weighted by Crippen LogP contribution is 2.45. The molecular weight excluding hydrogens is 204 g/mol. The molecule has 0 saturated carbocycles. The molecule has 3 nitrogen and oxygen atoms in total. The molecule has 3 aliphatic rings. The van der Waals surface area contributed by atoms with E-state index in [1.54, 1.807) is 5.92 Å². The summed E-state index contributed by atoms with van der Waals surface area (Å²) in [4.78, 5) is 0. The molecule has 0 aromatic rings. The Hall–Kier alpha value is -0.120. The summed E-state index contributed by atoms with van der Waals surface area (Å²) in [5.41, 5.74) is 0.277. The van der Waals surface area contributed by atoms with E-state index in [4.69, 9.17) is 14.2 Å². The van der Waals surface area contributed by atoms with Crippen LogP contribution in [0.25, 0.3) is 0 Å².